The maximum absolute atomic E-state index is 13.6. The van der Waals surface area contributed by atoms with E-state index in [0.29, 0.717) is 41.5 Å². The summed E-state index contributed by atoms with van der Waals surface area (Å²) < 4.78 is 30.2. The molecule has 4 rings (SSSR count). The maximum atomic E-state index is 13.6. The van der Waals surface area contributed by atoms with Crippen LogP contribution in [0.25, 0.3) is 10.8 Å². The van der Waals surface area contributed by atoms with E-state index >= 15 is 0 Å². The van der Waals surface area contributed by atoms with E-state index < -0.39 is 10.0 Å². The van der Waals surface area contributed by atoms with E-state index in [-0.39, 0.29) is 34.6 Å². The van der Waals surface area contributed by atoms with Crippen molar-refractivity contribution in [1.82, 2.24) is 9.62 Å². The van der Waals surface area contributed by atoms with Crippen molar-refractivity contribution in [3.8, 4) is 0 Å². The van der Waals surface area contributed by atoms with Crippen LogP contribution in [0.2, 0.25) is 0 Å². The first-order valence-corrected chi connectivity index (χ1v) is 14.3. The van der Waals surface area contributed by atoms with Gasteiger partial charge in [0.15, 0.2) is 0 Å². The van der Waals surface area contributed by atoms with Crippen LogP contribution in [-0.4, -0.2) is 44.3 Å². The Kier molecular flexibility index (Phi) is 7.99. The molecule has 0 radical (unpaired) electrons. The van der Waals surface area contributed by atoms with E-state index in [4.69, 9.17) is 0 Å². The second-order valence-corrected chi connectivity index (χ2v) is 11.8. The Balaban J connectivity index is 1.60. The number of carbonyl (C=O) groups excluding carboxylic acids is 2. The zero-order valence-electron chi connectivity index (χ0n) is 21.8. The fourth-order valence-electron chi connectivity index (χ4n) is 5.24. The minimum absolute atomic E-state index is 0.0294. The second-order valence-electron chi connectivity index (χ2n) is 10.1. The van der Waals surface area contributed by atoms with Crippen molar-refractivity contribution in [3.63, 3.8) is 0 Å². The highest BCUT2D eigenvalue weighted by molar-refractivity contribution is 7.89. The van der Waals surface area contributed by atoms with E-state index in [2.05, 4.69) is 10.0 Å². The first kappa shape index (κ1) is 26.8. The third-order valence-electron chi connectivity index (χ3n) is 7.16. The largest absolute Gasteiger partial charge is 0.342 e. The average Bonchev–Trinajstić information content (AvgIpc) is 2.86. The molecule has 1 aliphatic heterocycles. The Labute approximate surface area is 219 Å². The van der Waals surface area contributed by atoms with Crippen LogP contribution >= 0.6 is 0 Å². The predicted octanol–water partition coefficient (Wildman–Crippen LogP) is 4.96. The van der Waals surface area contributed by atoms with Crippen LogP contribution in [0, 0.1) is 18.8 Å². The van der Waals surface area contributed by atoms with Crippen LogP contribution in [0.4, 0.5) is 5.69 Å². The molecule has 0 aromatic heterocycles. The quantitative estimate of drug-likeness (QED) is 0.459. The Morgan fingerprint density at radius 3 is 2.19 bits per heavy atom. The van der Waals surface area contributed by atoms with Crippen molar-refractivity contribution in [2.45, 2.75) is 51.5 Å². The van der Waals surface area contributed by atoms with Crippen LogP contribution in [0.1, 0.15) is 49.5 Å². The Bertz CT molecular complexity index is 1410. The normalized spacial score (nSPS) is 20.1. The number of hydrogen-bond acceptors (Lipinski definition) is 4. The highest BCUT2D eigenvalue weighted by Crippen LogP contribution is 2.31. The molecule has 3 aromatic rings. The molecule has 0 bridgehead atoms. The zero-order valence-corrected chi connectivity index (χ0v) is 22.6. The molecule has 1 fully saturated rings. The maximum Gasteiger partial charge on any atom is 0.255 e. The van der Waals surface area contributed by atoms with E-state index in [0.717, 1.165) is 12.0 Å². The minimum atomic E-state index is -3.87. The fourth-order valence-corrected chi connectivity index (χ4v) is 6.90. The average molecular weight is 522 g/mol. The summed E-state index contributed by atoms with van der Waals surface area (Å²) in [4.78, 5) is 27.4. The molecule has 1 aliphatic rings. The molecule has 0 saturated carbocycles. The van der Waals surface area contributed by atoms with Gasteiger partial charge >= 0.3 is 0 Å². The molecule has 2 unspecified atom stereocenters. The molecule has 196 valence electrons. The van der Waals surface area contributed by atoms with Crippen molar-refractivity contribution < 1.29 is 18.0 Å². The van der Waals surface area contributed by atoms with Crippen LogP contribution in [0.5, 0.6) is 0 Å². The molecule has 3 aromatic carbocycles. The molecule has 1 saturated heterocycles. The Morgan fingerprint density at radius 2 is 1.54 bits per heavy atom. The number of nitrogens with one attached hydrogen (secondary N) is 2. The first-order chi connectivity index (χ1) is 17.6. The molecule has 0 aliphatic carbocycles. The number of rotatable bonds is 7. The van der Waals surface area contributed by atoms with E-state index in [1.807, 2.05) is 62.9 Å². The van der Waals surface area contributed by atoms with Gasteiger partial charge in [0, 0.05) is 47.6 Å². The smallest absolute Gasteiger partial charge is 0.255 e. The molecular formula is C29H35N3O4S. The molecule has 7 nitrogen and oxygen atoms in total. The number of hydrogen-bond donors (Lipinski definition) is 2. The molecule has 2 N–H and O–H groups in total. The van der Waals surface area contributed by atoms with Crippen molar-refractivity contribution in [1.29, 1.82) is 0 Å². The van der Waals surface area contributed by atoms with Gasteiger partial charge in [0.1, 0.15) is 0 Å². The van der Waals surface area contributed by atoms with Crippen LogP contribution in [0.3, 0.4) is 0 Å². The number of piperidine rings is 1. The van der Waals surface area contributed by atoms with Gasteiger partial charge < -0.3 is 10.2 Å². The Hall–Kier alpha value is -3.23. The number of anilines is 1. The predicted molar refractivity (Wildman–Crippen MR) is 147 cm³/mol. The van der Waals surface area contributed by atoms with Crippen LogP contribution in [-0.2, 0) is 14.8 Å². The van der Waals surface area contributed by atoms with E-state index in [1.165, 1.54) is 0 Å². The first-order valence-electron chi connectivity index (χ1n) is 12.8. The van der Waals surface area contributed by atoms with Gasteiger partial charge in [0.2, 0.25) is 15.9 Å². The summed E-state index contributed by atoms with van der Waals surface area (Å²) in [6.45, 7) is 8.88. The lowest BCUT2D eigenvalue weighted by molar-refractivity contribution is -0.134. The van der Waals surface area contributed by atoms with Gasteiger partial charge in [-0.1, -0.05) is 63.2 Å². The van der Waals surface area contributed by atoms with E-state index in [1.54, 1.807) is 30.3 Å². The van der Waals surface area contributed by atoms with Crippen molar-refractivity contribution >= 4 is 38.3 Å². The van der Waals surface area contributed by atoms with Crippen molar-refractivity contribution in [3.05, 3.63) is 71.8 Å². The van der Waals surface area contributed by atoms with Gasteiger partial charge in [-0.15, -0.1) is 0 Å². The standard InChI is InChI=1S/C29H35N3O4S/c1-5-10-27(33)32-17-20(3)28(21(4)18-32)31-37(35,36)26-16-15-25(23-13-8-9-14-24(23)26)30-29(34)22-12-7-6-11-19(22)2/h6-9,11-16,20-21,28,31H,5,10,17-18H2,1-4H3,(H,30,34). The fraction of sp³-hybridized carbons (Fsp3) is 0.379. The number of amides is 2. The molecule has 37 heavy (non-hydrogen) atoms. The number of aryl methyl sites for hydroxylation is 1. The summed E-state index contributed by atoms with van der Waals surface area (Å²) in [6, 6.07) is 17.4. The van der Waals surface area contributed by atoms with Crippen molar-refractivity contribution in [2.75, 3.05) is 18.4 Å². The molecule has 0 spiro atoms. The van der Waals surface area contributed by atoms with Crippen LogP contribution < -0.4 is 10.0 Å². The lowest BCUT2D eigenvalue weighted by Gasteiger charge is -2.41. The summed E-state index contributed by atoms with van der Waals surface area (Å²) in [5.41, 5.74) is 1.97. The van der Waals surface area contributed by atoms with Gasteiger partial charge in [-0.2, -0.15) is 0 Å². The van der Waals surface area contributed by atoms with Gasteiger partial charge in [-0.3, -0.25) is 9.59 Å². The van der Waals surface area contributed by atoms with Gasteiger partial charge in [0.05, 0.1) is 4.90 Å². The molecule has 8 heteroatoms. The third-order valence-corrected chi connectivity index (χ3v) is 8.68. The Morgan fingerprint density at radius 1 is 0.919 bits per heavy atom. The van der Waals surface area contributed by atoms with Gasteiger partial charge in [0.25, 0.3) is 5.91 Å². The topological polar surface area (TPSA) is 95.6 Å². The lowest BCUT2D eigenvalue weighted by atomic mass is 9.86. The summed E-state index contributed by atoms with van der Waals surface area (Å²) in [5.74, 6) is -0.183. The summed E-state index contributed by atoms with van der Waals surface area (Å²) in [5, 5.41) is 4.13. The minimum Gasteiger partial charge on any atom is -0.342 e. The zero-order chi connectivity index (χ0) is 26.7. The van der Waals surface area contributed by atoms with E-state index in [9.17, 15) is 18.0 Å². The second kappa shape index (κ2) is 11.0. The summed E-state index contributed by atoms with van der Waals surface area (Å²) in [7, 11) is -3.87. The number of nitrogens with zero attached hydrogens (tertiary/aromatic N) is 1. The molecular weight excluding hydrogens is 486 g/mol. The number of carbonyl (C=O) groups is 2. The van der Waals surface area contributed by atoms with Crippen molar-refractivity contribution in [2.24, 2.45) is 11.8 Å². The van der Waals surface area contributed by atoms with Crippen LogP contribution in [0.15, 0.2) is 65.6 Å². The molecule has 1 heterocycles. The van der Waals surface area contributed by atoms with Gasteiger partial charge in [-0.05, 0) is 48.9 Å². The summed E-state index contributed by atoms with van der Waals surface area (Å²) >= 11 is 0. The molecule has 2 atom stereocenters. The number of fused-ring (bicyclic) bond motifs is 1. The summed E-state index contributed by atoms with van der Waals surface area (Å²) in [6.07, 6.45) is 1.30. The highest BCUT2D eigenvalue weighted by Gasteiger charge is 2.36. The SMILES string of the molecule is CCCC(=O)N1CC(C)C(NS(=O)(=O)c2ccc(NC(=O)c3ccccc3C)c3ccccc23)C(C)C1. The third kappa shape index (κ3) is 5.70. The number of likely N-dealkylation sites (tertiary alicyclic amines) is 1. The lowest BCUT2D eigenvalue weighted by Crippen LogP contribution is -2.56. The highest BCUT2D eigenvalue weighted by atomic mass is 32.2. The molecule has 2 amide bonds. The number of benzene rings is 3. The number of sulfonamides is 1. The van der Waals surface area contributed by atoms with Gasteiger partial charge in [-0.25, -0.2) is 13.1 Å². The monoisotopic (exact) mass is 521 g/mol.